The molecule has 1 heterocycles. The number of nitrogens with zero attached hydrogens (tertiary/aromatic N) is 2. The molecule has 0 bridgehead atoms. The van der Waals surface area contributed by atoms with Gasteiger partial charge in [-0.3, -0.25) is 4.90 Å². The molecule has 1 N–H and O–H groups in total. The van der Waals surface area contributed by atoms with Gasteiger partial charge in [0.2, 0.25) is 0 Å². The van der Waals surface area contributed by atoms with E-state index in [-0.39, 0.29) is 11.7 Å². The van der Waals surface area contributed by atoms with Gasteiger partial charge in [0.1, 0.15) is 0 Å². The van der Waals surface area contributed by atoms with Gasteiger partial charge in [-0.25, -0.2) is 13.6 Å². The van der Waals surface area contributed by atoms with Crippen LogP contribution in [0, 0.1) is 11.6 Å². The summed E-state index contributed by atoms with van der Waals surface area (Å²) in [5.41, 5.74) is 0.264. The van der Waals surface area contributed by atoms with Crippen molar-refractivity contribution in [2.24, 2.45) is 0 Å². The van der Waals surface area contributed by atoms with Crippen molar-refractivity contribution in [3.05, 3.63) is 29.8 Å². The number of amides is 2. The highest BCUT2D eigenvalue weighted by molar-refractivity contribution is 5.89. The molecule has 1 fully saturated rings. The lowest BCUT2D eigenvalue weighted by molar-refractivity contribution is 0.125. The van der Waals surface area contributed by atoms with Gasteiger partial charge in [0.25, 0.3) is 0 Å². The van der Waals surface area contributed by atoms with Crippen molar-refractivity contribution >= 4 is 11.7 Å². The van der Waals surface area contributed by atoms with E-state index in [1.165, 1.54) is 6.07 Å². The standard InChI is InChI=1S/C14H19F2N3O/c1-10(2)18-5-7-19(8-6-18)14(20)17-11-3-4-12(15)13(16)9-11/h3-4,9-10H,5-8H2,1-2H3,(H,17,20). The Kier molecular flexibility index (Phi) is 4.54. The zero-order valence-corrected chi connectivity index (χ0v) is 11.7. The number of hydrogen-bond donors (Lipinski definition) is 1. The van der Waals surface area contributed by atoms with Crippen LogP contribution in [0.25, 0.3) is 0 Å². The molecule has 1 aliphatic rings. The smallest absolute Gasteiger partial charge is 0.321 e. The van der Waals surface area contributed by atoms with Crippen LogP contribution < -0.4 is 5.32 Å². The van der Waals surface area contributed by atoms with Gasteiger partial charge in [-0.1, -0.05) is 0 Å². The van der Waals surface area contributed by atoms with Gasteiger partial charge in [0.05, 0.1) is 0 Å². The molecule has 2 amide bonds. The second-order valence-electron chi connectivity index (χ2n) is 5.18. The third-order valence-corrected chi connectivity index (χ3v) is 3.50. The summed E-state index contributed by atoms with van der Waals surface area (Å²) in [5, 5.41) is 2.59. The molecule has 0 aromatic heterocycles. The van der Waals surface area contributed by atoms with Crippen molar-refractivity contribution in [1.29, 1.82) is 0 Å². The molecule has 6 heteroatoms. The molecular weight excluding hydrogens is 264 g/mol. The molecule has 1 saturated heterocycles. The number of anilines is 1. The van der Waals surface area contributed by atoms with Crippen LogP contribution in [0.5, 0.6) is 0 Å². The molecule has 0 unspecified atom stereocenters. The monoisotopic (exact) mass is 283 g/mol. The molecule has 0 atom stereocenters. The molecule has 0 saturated carbocycles. The molecule has 1 aliphatic heterocycles. The van der Waals surface area contributed by atoms with Crippen molar-refractivity contribution in [3.8, 4) is 0 Å². The Morgan fingerprint density at radius 2 is 1.80 bits per heavy atom. The summed E-state index contributed by atoms with van der Waals surface area (Å²) in [7, 11) is 0. The molecule has 4 nitrogen and oxygen atoms in total. The second-order valence-corrected chi connectivity index (χ2v) is 5.18. The van der Waals surface area contributed by atoms with E-state index in [1.54, 1.807) is 4.90 Å². The predicted molar refractivity (Wildman–Crippen MR) is 73.7 cm³/mol. The number of rotatable bonds is 2. The van der Waals surface area contributed by atoms with Crippen molar-refractivity contribution in [2.45, 2.75) is 19.9 Å². The van der Waals surface area contributed by atoms with E-state index in [2.05, 4.69) is 24.1 Å². The number of urea groups is 1. The fraction of sp³-hybridized carbons (Fsp3) is 0.500. The third-order valence-electron chi connectivity index (χ3n) is 3.50. The molecule has 20 heavy (non-hydrogen) atoms. The Morgan fingerprint density at radius 3 is 2.35 bits per heavy atom. The van der Waals surface area contributed by atoms with Gasteiger partial charge in [-0.05, 0) is 26.0 Å². The summed E-state index contributed by atoms with van der Waals surface area (Å²) in [6, 6.07) is 3.52. The topological polar surface area (TPSA) is 35.6 Å². The minimum atomic E-state index is -0.965. The zero-order chi connectivity index (χ0) is 14.7. The van der Waals surface area contributed by atoms with Crippen LogP contribution in [-0.4, -0.2) is 48.1 Å². The quantitative estimate of drug-likeness (QED) is 0.905. The normalized spacial score (nSPS) is 16.6. The largest absolute Gasteiger partial charge is 0.322 e. The fourth-order valence-corrected chi connectivity index (χ4v) is 2.22. The van der Waals surface area contributed by atoms with Gasteiger partial charge in [0, 0.05) is 44.0 Å². The van der Waals surface area contributed by atoms with Crippen LogP contribution >= 0.6 is 0 Å². The lowest BCUT2D eigenvalue weighted by Crippen LogP contribution is -2.51. The van der Waals surface area contributed by atoms with Crippen molar-refractivity contribution in [3.63, 3.8) is 0 Å². The average molecular weight is 283 g/mol. The van der Waals surface area contributed by atoms with Gasteiger partial charge in [0.15, 0.2) is 11.6 Å². The maximum Gasteiger partial charge on any atom is 0.321 e. The Labute approximate surface area is 117 Å². The van der Waals surface area contributed by atoms with Gasteiger partial charge >= 0.3 is 6.03 Å². The zero-order valence-electron chi connectivity index (χ0n) is 11.7. The highest BCUT2D eigenvalue weighted by atomic mass is 19.2. The van der Waals surface area contributed by atoms with Crippen LogP contribution in [0.3, 0.4) is 0 Å². The van der Waals surface area contributed by atoms with E-state index in [4.69, 9.17) is 0 Å². The minimum Gasteiger partial charge on any atom is -0.322 e. The highest BCUT2D eigenvalue weighted by Gasteiger charge is 2.22. The summed E-state index contributed by atoms with van der Waals surface area (Å²) in [6.07, 6.45) is 0. The number of halogens is 2. The number of carbonyl (C=O) groups is 1. The van der Waals surface area contributed by atoms with E-state index in [0.717, 1.165) is 25.2 Å². The second kappa shape index (κ2) is 6.17. The third kappa shape index (κ3) is 3.45. The van der Waals surface area contributed by atoms with Crippen LogP contribution in [0.4, 0.5) is 19.3 Å². The maximum absolute atomic E-state index is 13.1. The maximum atomic E-state index is 13.1. The number of hydrogen-bond acceptors (Lipinski definition) is 2. The molecule has 110 valence electrons. The first kappa shape index (κ1) is 14.7. The Hall–Kier alpha value is -1.69. The minimum absolute atomic E-state index is 0.264. The fourth-order valence-electron chi connectivity index (χ4n) is 2.22. The van der Waals surface area contributed by atoms with E-state index < -0.39 is 11.6 Å². The summed E-state index contributed by atoms with van der Waals surface area (Å²) in [5.74, 6) is -1.89. The molecular formula is C14H19F2N3O. The number of carbonyl (C=O) groups excluding carboxylic acids is 1. The summed E-state index contributed by atoms with van der Waals surface area (Å²) >= 11 is 0. The first-order valence-electron chi connectivity index (χ1n) is 6.72. The lowest BCUT2D eigenvalue weighted by atomic mass is 10.2. The Bertz CT molecular complexity index is 485. The molecule has 2 rings (SSSR count). The first-order chi connectivity index (χ1) is 9.47. The molecule has 1 aromatic carbocycles. The first-order valence-corrected chi connectivity index (χ1v) is 6.72. The van der Waals surface area contributed by atoms with Gasteiger partial charge < -0.3 is 10.2 Å². The van der Waals surface area contributed by atoms with Crippen LogP contribution in [0.2, 0.25) is 0 Å². The SMILES string of the molecule is CC(C)N1CCN(C(=O)Nc2ccc(F)c(F)c2)CC1. The highest BCUT2D eigenvalue weighted by Crippen LogP contribution is 2.14. The van der Waals surface area contributed by atoms with Crippen molar-refractivity contribution < 1.29 is 13.6 Å². The number of piperazine rings is 1. The lowest BCUT2D eigenvalue weighted by Gasteiger charge is -2.36. The van der Waals surface area contributed by atoms with E-state index in [9.17, 15) is 13.6 Å². The molecule has 0 aliphatic carbocycles. The number of benzene rings is 1. The average Bonchev–Trinajstić information content (AvgIpc) is 2.43. The van der Waals surface area contributed by atoms with Crippen molar-refractivity contribution in [2.75, 3.05) is 31.5 Å². The van der Waals surface area contributed by atoms with E-state index in [1.807, 2.05) is 0 Å². The number of nitrogens with one attached hydrogen (secondary N) is 1. The summed E-state index contributed by atoms with van der Waals surface area (Å²) < 4.78 is 25.9. The van der Waals surface area contributed by atoms with Crippen LogP contribution in [0.15, 0.2) is 18.2 Å². The Morgan fingerprint density at radius 1 is 1.15 bits per heavy atom. The molecule has 1 aromatic rings. The van der Waals surface area contributed by atoms with Gasteiger partial charge in [-0.15, -0.1) is 0 Å². The van der Waals surface area contributed by atoms with E-state index >= 15 is 0 Å². The summed E-state index contributed by atoms with van der Waals surface area (Å²) in [6.45, 7) is 7.15. The predicted octanol–water partition coefficient (Wildman–Crippen LogP) is 2.52. The molecule has 0 spiro atoms. The van der Waals surface area contributed by atoms with Crippen LogP contribution in [-0.2, 0) is 0 Å². The van der Waals surface area contributed by atoms with Gasteiger partial charge in [-0.2, -0.15) is 0 Å². The van der Waals surface area contributed by atoms with Crippen LogP contribution in [0.1, 0.15) is 13.8 Å². The van der Waals surface area contributed by atoms with Crippen molar-refractivity contribution in [1.82, 2.24) is 9.80 Å². The van der Waals surface area contributed by atoms with E-state index in [0.29, 0.717) is 19.1 Å². The Balaban J connectivity index is 1.91. The molecule has 0 radical (unpaired) electrons. The summed E-state index contributed by atoms with van der Waals surface area (Å²) in [4.78, 5) is 16.0.